The number of hydrogen-bond donors (Lipinski definition) is 4. The van der Waals surface area contributed by atoms with Gasteiger partial charge in [-0.15, -0.1) is 0 Å². The Bertz CT molecular complexity index is 2410. The van der Waals surface area contributed by atoms with Crippen molar-refractivity contribution >= 4 is 50.9 Å². The summed E-state index contributed by atoms with van der Waals surface area (Å²) in [7, 11) is 0. The summed E-state index contributed by atoms with van der Waals surface area (Å²) >= 11 is 6.03. The number of aliphatic hydroxyl groups excluding tert-OH is 1. The van der Waals surface area contributed by atoms with E-state index < -0.39 is 38.3 Å². The number of aliphatic hydroxyl groups is 1. The summed E-state index contributed by atoms with van der Waals surface area (Å²) in [6.45, 7) is 19.6. The molecule has 0 saturated carbocycles. The van der Waals surface area contributed by atoms with Crippen LogP contribution in [0.1, 0.15) is 97.9 Å². The van der Waals surface area contributed by atoms with Crippen molar-refractivity contribution in [3.63, 3.8) is 0 Å². The normalized spacial score (nSPS) is 14.3. The number of halogens is 10. The summed E-state index contributed by atoms with van der Waals surface area (Å²) < 4.78 is 115. The van der Waals surface area contributed by atoms with E-state index >= 15 is 0 Å². The number of alkyl halides is 9. The number of fused-ring (bicyclic) bond motifs is 3. The van der Waals surface area contributed by atoms with E-state index in [9.17, 15) is 39.5 Å². The van der Waals surface area contributed by atoms with Gasteiger partial charge in [0, 0.05) is 51.9 Å². The molecule has 0 bridgehead atoms. The molecule has 5 heterocycles. The highest BCUT2D eigenvalue weighted by Gasteiger charge is 2.31. The molecule has 0 fully saturated rings. The van der Waals surface area contributed by atoms with Crippen molar-refractivity contribution in [1.82, 2.24) is 24.9 Å². The first-order valence-electron chi connectivity index (χ1n) is 21.1. The van der Waals surface area contributed by atoms with Crippen molar-refractivity contribution in [2.75, 3.05) is 35.8 Å². The Hall–Kier alpha value is -5.11. The van der Waals surface area contributed by atoms with Crippen LogP contribution >= 0.6 is 11.6 Å². The molecule has 0 saturated heterocycles. The van der Waals surface area contributed by atoms with Gasteiger partial charge >= 0.3 is 18.5 Å². The van der Waals surface area contributed by atoms with Gasteiger partial charge in [0.2, 0.25) is 11.8 Å². The third-order valence-electron chi connectivity index (χ3n) is 8.63. The van der Waals surface area contributed by atoms with E-state index in [1.165, 1.54) is 6.07 Å². The summed E-state index contributed by atoms with van der Waals surface area (Å²) in [5, 5.41) is 19.2. The predicted molar refractivity (Wildman–Crippen MR) is 245 cm³/mol. The van der Waals surface area contributed by atoms with E-state index in [4.69, 9.17) is 26.2 Å². The average Bonchev–Trinajstić information content (AvgIpc) is 3.14. The van der Waals surface area contributed by atoms with Crippen molar-refractivity contribution in [2.45, 2.75) is 137 Å². The number of rotatable bonds is 7. The zero-order chi connectivity index (χ0) is 50.9. The maximum atomic E-state index is 12.3. The van der Waals surface area contributed by atoms with Gasteiger partial charge < -0.3 is 30.5 Å². The Kier molecular flexibility index (Phi) is 18.7. The van der Waals surface area contributed by atoms with Gasteiger partial charge in [0.15, 0.2) is 24.8 Å². The van der Waals surface area contributed by atoms with Crippen molar-refractivity contribution in [2.24, 2.45) is 5.92 Å². The number of pyridine rings is 5. The van der Waals surface area contributed by atoms with E-state index in [2.05, 4.69) is 74.6 Å². The van der Waals surface area contributed by atoms with Gasteiger partial charge in [0.05, 0.1) is 0 Å². The largest absolute Gasteiger partial charge is 0.468 e. The average molecular weight is 979 g/mol. The Balaban J connectivity index is 0.000000253. The molecule has 0 amide bonds. The smallest absolute Gasteiger partial charge is 0.422 e. The summed E-state index contributed by atoms with van der Waals surface area (Å²) in [5.74, 6) is 2.27. The van der Waals surface area contributed by atoms with Crippen LogP contribution in [-0.2, 0) is 12.8 Å². The fourth-order valence-corrected chi connectivity index (χ4v) is 6.38. The van der Waals surface area contributed by atoms with Crippen molar-refractivity contribution < 1.29 is 54.1 Å². The molecule has 372 valence electrons. The quantitative estimate of drug-likeness (QED) is 0.0915. The molecule has 1 aliphatic carbocycles. The Morgan fingerprint density at radius 1 is 0.612 bits per heavy atom. The van der Waals surface area contributed by atoms with Gasteiger partial charge in [-0.05, 0) is 142 Å². The van der Waals surface area contributed by atoms with Gasteiger partial charge in [-0.2, -0.15) is 49.5 Å². The van der Waals surface area contributed by atoms with Crippen molar-refractivity contribution in [3.8, 4) is 11.8 Å². The fourth-order valence-electron chi connectivity index (χ4n) is 6.18. The van der Waals surface area contributed by atoms with Crippen LogP contribution in [0.2, 0.25) is 5.15 Å². The Morgan fingerprint density at radius 3 is 1.45 bits per heavy atom. The van der Waals surface area contributed by atoms with E-state index in [1.807, 2.05) is 73.7 Å². The van der Waals surface area contributed by atoms with E-state index in [-0.39, 0.29) is 28.4 Å². The maximum Gasteiger partial charge on any atom is 0.422 e. The van der Waals surface area contributed by atoms with E-state index in [0.29, 0.717) is 33.6 Å². The molecule has 0 spiro atoms. The number of anilines is 3. The highest BCUT2D eigenvalue weighted by atomic mass is 35.5. The second kappa shape index (κ2) is 22.3. The van der Waals surface area contributed by atoms with Gasteiger partial charge in [-0.1, -0.05) is 18.5 Å². The molecule has 67 heavy (non-hydrogen) atoms. The van der Waals surface area contributed by atoms with Crippen LogP contribution in [0, 0.1) is 19.8 Å². The molecule has 1 aliphatic rings. The third kappa shape index (κ3) is 21.2. The van der Waals surface area contributed by atoms with E-state index in [0.717, 1.165) is 58.2 Å². The lowest BCUT2D eigenvalue weighted by atomic mass is 9.85. The first-order valence-corrected chi connectivity index (χ1v) is 21.5. The lowest BCUT2D eigenvalue weighted by Crippen LogP contribution is -2.29. The van der Waals surface area contributed by atoms with Gasteiger partial charge in [-0.3, -0.25) is 9.97 Å². The highest BCUT2D eigenvalue weighted by molar-refractivity contribution is 6.30. The monoisotopic (exact) mass is 978 g/mol. The molecule has 5 aromatic rings. The van der Waals surface area contributed by atoms with E-state index in [1.54, 1.807) is 12.3 Å². The van der Waals surface area contributed by atoms with Crippen LogP contribution in [0.3, 0.4) is 0 Å². The molecular weight excluding hydrogens is 919 g/mol. The number of nitrogens with one attached hydrogen (secondary N) is 3. The number of nitrogens with zero attached hydrogens (tertiary/aromatic N) is 5. The lowest BCUT2D eigenvalue weighted by Gasteiger charge is -2.28. The van der Waals surface area contributed by atoms with Gasteiger partial charge in [0.1, 0.15) is 28.6 Å². The molecule has 0 radical (unpaired) electrons. The van der Waals surface area contributed by atoms with Crippen LogP contribution < -0.4 is 25.4 Å². The minimum absolute atomic E-state index is 0.0388. The van der Waals surface area contributed by atoms with Crippen LogP contribution in [0.25, 0.3) is 21.8 Å². The summed E-state index contributed by atoms with van der Waals surface area (Å²) in [4.78, 5) is 21.4. The third-order valence-corrected chi connectivity index (χ3v) is 8.82. The maximum absolute atomic E-state index is 12.3. The van der Waals surface area contributed by atoms with Gasteiger partial charge in [-0.25, -0.2) is 4.98 Å². The minimum atomic E-state index is -4.40. The molecule has 11 nitrogen and oxygen atoms in total. The molecule has 1 atom stereocenters. The molecule has 0 aromatic carbocycles. The molecule has 0 aliphatic heterocycles. The first kappa shape index (κ1) is 56.2. The van der Waals surface area contributed by atoms with Crippen molar-refractivity contribution in [3.05, 3.63) is 70.1 Å². The van der Waals surface area contributed by atoms with Gasteiger partial charge in [0.25, 0.3) is 0 Å². The van der Waals surface area contributed by atoms with Crippen LogP contribution in [0.4, 0.5) is 57.0 Å². The van der Waals surface area contributed by atoms with Crippen molar-refractivity contribution in [1.29, 1.82) is 0 Å². The Morgan fingerprint density at radius 2 is 1.01 bits per heavy atom. The summed E-state index contributed by atoms with van der Waals surface area (Å²) in [5.41, 5.74) is 5.02. The number of aromatic nitrogens is 5. The molecule has 21 heteroatoms. The summed E-state index contributed by atoms with van der Waals surface area (Å²) in [6, 6.07) is 8.85. The zero-order valence-corrected chi connectivity index (χ0v) is 40.4. The first-order chi connectivity index (χ1) is 30.5. The minimum Gasteiger partial charge on any atom is -0.468 e. The van der Waals surface area contributed by atoms with Crippen LogP contribution in [0.5, 0.6) is 11.8 Å². The SMILES string of the molecule is CC1CCc2c(cc(OCC(F)(F)F)nc2NC(C)(C)C)C1.Cc1cnc2c(NC(C)(C)C)nc(Cl)cc2c1.Cc1cnc2c(NC(C)(C)C)nc(OCC(F)(F)F)cc2c1.OCC(F)(F)F. The zero-order valence-electron chi connectivity index (χ0n) is 39.6. The predicted octanol–water partition coefficient (Wildman–Crippen LogP) is 12.8. The van der Waals surface area contributed by atoms with Crippen LogP contribution in [0.15, 0.2) is 42.7 Å². The van der Waals surface area contributed by atoms with Crippen LogP contribution in [-0.4, -0.2) is 85.0 Å². The topological polar surface area (TPSA) is 139 Å². The summed E-state index contributed by atoms with van der Waals surface area (Å²) in [6.07, 6.45) is -6.84. The number of aryl methyl sites for hydroxylation is 2. The molecule has 6 rings (SSSR count). The molecule has 4 N–H and O–H groups in total. The fraction of sp³-hybridized carbons (Fsp3) is 0.543. The standard InChI is InChI=1S/C16H23F3N2O.C15H18F3N3O.C13H16ClN3.C2H3F3O/c1-10-5-6-12-11(7-10)8-13(22-9-16(17,18)19)20-14(12)21-15(2,3)4;1-9-5-10-6-11(22-8-15(16,17)18)20-13(12(10)19-7-9)21-14(2,3)4;1-8-5-9-6-10(14)16-12(11(9)15-7-8)17-13(2,3)4;3-2(4,5)1-6/h8,10H,5-7,9H2,1-4H3,(H,20,21);5-7H,8H2,1-4H3,(H,20,21);5-7H,1-4H3,(H,16,17);6H,1H2. The lowest BCUT2D eigenvalue weighted by molar-refractivity contribution is -0.159. The number of hydrogen-bond acceptors (Lipinski definition) is 11. The second-order valence-corrected chi connectivity index (χ2v) is 19.7. The number of ether oxygens (including phenoxy) is 2. The Labute approximate surface area is 390 Å². The highest BCUT2D eigenvalue weighted by Crippen LogP contribution is 2.34. The molecular formula is C46H60ClF9N8O3. The molecule has 5 aromatic heterocycles. The second-order valence-electron chi connectivity index (χ2n) is 19.3. The molecule has 1 unspecified atom stereocenters.